The average Bonchev–Trinajstić information content (AvgIpc) is 2.88. The Morgan fingerprint density at radius 1 is 1.43 bits per heavy atom. The highest BCUT2D eigenvalue weighted by Gasteiger charge is 2.23. The molecule has 1 saturated heterocycles. The molecule has 0 saturated carbocycles. The van der Waals surface area contributed by atoms with Crippen molar-refractivity contribution in [3.63, 3.8) is 0 Å². The highest BCUT2D eigenvalue weighted by atomic mass is 19.1. The minimum atomic E-state index is -0.267. The largest absolute Gasteiger partial charge is 0.490 e. The van der Waals surface area contributed by atoms with E-state index in [1.165, 1.54) is 12.1 Å². The predicted molar refractivity (Wildman–Crippen MR) is 82.2 cm³/mol. The number of hydrogen-bond donors (Lipinski definition) is 1. The van der Waals surface area contributed by atoms with E-state index >= 15 is 0 Å². The first-order chi connectivity index (χ1) is 10.1. The third kappa shape index (κ3) is 4.68. The quantitative estimate of drug-likeness (QED) is 0.829. The van der Waals surface area contributed by atoms with Crippen LogP contribution in [0.1, 0.15) is 51.6 Å². The van der Waals surface area contributed by atoms with E-state index in [2.05, 4.69) is 26.1 Å². The zero-order valence-corrected chi connectivity index (χ0v) is 13.2. The first kappa shape index (κ1) is 16.2. The molecule has 1 aromatic carbocycles. The summed E-state index contributed by atoms with van der Waals surface area (Å²) in [7, 11) is 0. The Balaban J connectivity index is 2.00. The van der Waals surface area contributed by atoms with Crippen LogP contribution in [-0.2, 0) is 4.74 Å². The molecule has 1 fully saturated rings. The van der Waals surface area contributed by atoms with Gasteiger partial charge in [-0.1, -0.05) is 13.0 Å². The summed E-state index contributed by atoms with van der Waals surface area (Å²) in [6.07, 6.45) is 3.56. The van der Waals surface area contributed by atoms with Crippen molar-refractivity contribution in [3.8, 4) is 5.75 Å². The lowest BCUT2D eigenvalue weighted by molar-refractivity contribution is 0.0261. The van der Waals surface area contributed by atoms with Crippen molar-refractivity contribution in [3.05, 3.63) is 29.6 Å². The van der Waals surface area contributed by atoms with E-state index < -0.39 is 0 Å². The van der Waals surface area contributed by atoms with Gasteiger partial charge in [0.1, 0.15) is 18.2 Å². The second kappa shape index (κ2) is 7.76. The van der Waals surface area contributed by atoms with Gasteiger partial charge in [-0.3, -0.25) is 0 Å². The van der Waals surface area contributed by atoms with Gasteiger partial charge in [0.25, 0.3) is 0 Å². The third-order valence-corrected chi connectivity index (χ3v) is 3.89. The molecule has 0 aromatic heterocycles. The van der Waals surface area contributed by atoms with Gasteiger partial charge >= 0.3 is 0 Å². The first-order valence-electron chi connectivity index (χ1n) is 7.91. The van der Waals surface area contributed by atoms with E-state index in [4.69, 9.17) is 9.47 Å². The van der Waals surface area contributed by atoms with Gasteiger partial charge in [0.05, 0.1) is 12.2 Å². The van der Waals surface area contributed by atoms with Gasteiger partial charge in [-0.05, 0) is 45.7 Å². The SMILES string of the molecule is CCCNC(C)c1ccc(F)cc1OCC1CCC(C)O1. The van der Waals surface area contributed by atoms with Crippen LogP contribution in [0.2, 0.25) is 0 Å². The average molecular weight is 295 g/mol. The van der Waals surface area contributed by atoms with Crippen LogP contribution >= 0.6 is 0 Å². The molecular formula is C17H26FNO2. The maximum absolute atomic E-state index is 13.5. The number of nitrogens with one attached hydrogen (secondary N) is 1. The summed E-state index contributed by atoms with van der Waals surface area (Å²) >= 11 is 0. The highest BCUT2D eigenvalue weighted by Crippen LogP contribution is 2.27. The van der Waals surface area contributed by atoms with Gasteiger partial charge in [0.2, 0.25) is 0 Å². The summed E-state index contributed by atoms with van der Waals surface area (Å²) in [5, 5.41) is 3.41. The van der Waals surface area contributed by atoms with Gasteiger partial charge in [0.15, 0.2) is 0 Å². The van der Waals surface area contributed by atoms with Gasteiger partial charge in [-0.15, -0.1) is 0 Å². The van der Waals surface area contributed by atoms with Crippen molar-refractivity contribution in [1.82, 2.24) is 5.32 Å². The van der Waals surface area contributed by atoms with Crippen LogP contribution in [-0.4, -0.2) is 25.4 Å². The molecule has 3 unspecified atom stereocenters. The Bertz CT molecular complexity index is 452. The van der Waals surface area contributed by atoms with Crippen molar-refractivity contribution in [2.45, 2.75) is 58.3 Å². The van der Waals surface area contributed by atoms with E-state index in [9.17, 15) is 4.39 Å². The second-order valence-corrected chi connectivity index (χ2v) is 5.82. The van der Waals surface area contributed by atoms with Crippen LogP contribution in [0, 0.1) is 5.82 Å². The lowest BCUT2D eigenvalue weighted by Gasteiger charge is -2.20. The molecule has 1 heterocycles. The Labute approximate surface area is 126 Å². The first-order valence-corrected chi connectivity index (χ1v) is 7.91. The van der Waals surface area contributed by atoms with Crippen molar-refractivity contribution in [2.75, 3.05) is 13.2 Å². The molecule has 0 bridgehead atoms. The molecule has 1 aliphatic heterocycles. The van der Waals surface area contributed by atoms with Gasteiger partial charge in [0, 0.05) is 17.7 Å². The summed E-state index contributed by atoms with van der Waals surface area (Å²) in [4.78, 5) is 0. The lowest BCUT2D eigenvalue weighted by atomic mass is 10.1. The molecule has 21 heavy (non-hydrogen) atoms. The number of rotatable bonds is 7. The number of benzene rings is 1. The number of hydrogen-bond acceptors (Lipinski definition) is 3. The summed E-state index contributed by atoms with van der Waals surface area (Å²) < 4.78 is 25.1. The summed E-state index contributed by atoms with van der Waals surface area (Å²) in [5.41, 5.74) is 0.996. The fourth-order valence-electron chi connectivity index (χ4n) is 2.65. The van der Waals surface area contributed by atoms with E-state index in [1.54, 1.807) is 6.07 Å². The molecule has 4 heteroatoms. The second-order valence-electron chi connectivity index (χ2n) is 5.82. The summed E-state index contributed by atoms with van der Waals surface area (Å²) in [6.45, 7) is 7.69. The molecule has 118 valence electrons. The van der Waals surface area contributed by atoms with Crippen molar-refractivity contribution in [2.24, 2.45) is 0 Å². The van der Waals surface area contributed by atoms with Crippen molar-refractivity contribution >= 4 is 0 Å². The maximum atomic E-state index is 13.5. The van der Waals surface area contributed by atoms with Crippen LogP contribution in [0.4, 0.5) is 4.39 Å². The van der Waals surface area contributed by atoms with E-state index in [0.29, 0.717) is 18.5 Å². The zero-order chi connectivity index (χ0) is 15.2. The van der Waals surface area contributed by atoms with Crippen LogP contribution in [0.5, 0.6) is 5.75 Å². The minimum absolute atomic E-state index is 0.120. The van der Waals surface area contributed by atoms with Crippen LogP contribution in [0.3, 0.4) is 0 Å². The fourth-order valence-corrected chi connectivity index (χ4v) is 2.65. The molecule has 0 aliphatic carbocycles. The zero-order valence-electron chi connectivity index (χ0n) is 13.2. The summed E-state index contributed by atoms with van der Waals surface area (Å²) in [5.74, 6) is 0.353. The maximum Gasteiger partial charge on any atom is 0.127 e. The molecule has 0 radical (unpaired) electrons. The minimum Gasteiger partial charge on any atom is -0.490 e. The Hall–Kier alpha value is -1.13. The standard InChI is InChI=1S/C17H26FNO2/c1-4-9-19-13(3)16-8-6-14(18)10-17(16)20-11-15-7-5-12(2)21-15/h6,8,10,12-13,15,19H,4-5,7,9,11H2,1-3H3. The topological polar surface area (TPSA) is 30.5 Å². The lowest BCUT2D eigenvalue weighted by Crippen LogP contribution is -2.22. The molecular weight excluding hydrogens is 269 g/mol. The third-order valence-electron chi connectivity index (χ3n) is 3.89. The molecule has 3 nitrogen and oxygen atoms in total. The predicted octanol–water partition coefficient (Wildman–Crippen LogP) is 3.83. The van der Waals surface area contributed by atoms with E-state index in [-0.39, 0.29) is 18.0 Å². The molecule has 1 aliphatic rings. The molecule has 2 rings (SSSR count). The van der Waals surface area contributed by atoms with E-state index in [0.717, 1.165) is 31.4 Å². The molecule has 3 atom stereocenters. The van der Waals surface area contributed by atoms with Crippen LogP contribution in [0.15, 0.2) is 18.2 Å². The molecule has 1 N–H and O–H groups in total. The van der Waals surface area contributed by atoms with Crippen LogP contribution in [0.25, 0.3) is 0 Å². The van der Waals surface area contributed by atoms with Crippen molar-refractivity contribution in [1.29, 1.82) is 0 Å². The van der Waals surface area contributed by atoms with Crippen molar-refractivity contribution < 1.29 is 13.9 Å². The normalized spacial score (nSPS) is 23.2. The summed E-state index contributed by atoms with van der Waals surface area (Å²) in [6, 6.07) is 4.90. The Morgan fingerprint density at radius 3 is 2.90 bits per heavy atom. The number of ether oxygens (including phenoxy) is 2. The molecule has 0 spiro atoms. The van der Waals surface area contributed by atoms with Gasteiger partial charge < -0.3 is 14.8 Å². The molecule has 1 aromatic rings. The molecule has 0 amide bonds. The Morgan fingerprint density at radius 2 is 2.24 bits per heavy atom. The fraction of sp³-hybridized carbons (Fsp3) is 0.647. The highest BCUT2D eigenvalue weighted by molar-refractivity contribution is 5.36. The van der Waals surface area contributed by atoms with Crippen LogP contribution < -0.4 is 10.1 Å². The smallest absolute Gasteiger partial charge is 0.127 e. The van der Waals surface area contributed by atoms with Gasteiger partial charge in [-0.2, -0.15) is 0 Å². The number of halogens is 1. The van der Waals surface area contributed by atoms with E-state index in [1.807, 2.05) is 0 Å². The Kier molecular flexibility index (Phi) is 6.00. The van der Waals surface area contributed by atoms with Gasteiger partial charge in [-0.25, -0.2) is 4.39 Å². The monoisotopic (exact) mass is 295 g/mol.